The van der Waals surface area contributed by atoms with E-state index in [1.165, 1.54) is 32.1 Å². The normalized spacial score (nSPS) is 28.5. The van der Waals surface area contributed by atoms with E-state index in [0.29, 0.717) is 12.1 Å². The van der Waals surface area contributed by atoms with E-state index in [0.717, 1.165) is 25.3 Å². The molecule has 0 aromatic carbocycles. The summed E-state index contributed by atoms with van der Waals surface area (Å²) in [6.07, 6.45) is 8.84. The van der Waals surface area contributed by atoms with Crippen LogP contribution in [0.4, 0.5) is 4.79 Å². The average molecular weight is 325 g/mol. The Morgan fingerprint density at radius 3 is 2.39 bits per heavy atom. The van der Waals surface area contributed by atoms with Crippen molar-refractivity contribution in [3.8, 4) is 0 Å². The zero-order chi connectivity index (χ0) is 17.0. The van der Waals surface area contributed by atoms with Crippen LogP contribution >= 0.6 is 0 Å². The van der Waals surface area contributed by atoms with E-state index in [2.05, 4.69) is 19.2 Å². The fraction of sp³-hybridized carbons (Fsp3) is 0.947. The summed E-state index contributed by atoms with van der Waals surface area (Å²) in [7, 11) is 0. The largest absolute Gasteiger partial charge is 0.444 e. The van der Waals surface area contributed by atoms with E-state index in [4.69, 9.17) is 4.74 Å². The van der Waals surface area contributed by atoms with Gasteiger partial charge in [0.2, 0.25) is 0 Å². The van der Waals surface area contributed by atoms with E-state index in [-0.39, 0.29) is 12.1 Å². The minimum Gasteiger partial charge on any atom is -0.444 e. The van der Waals surface area contributed by atoms with Gasteiger partial charge in [-0.15, -0.1) is 0 Å². The van der Waals surface area contributed by atoms with Gasteiger partial charge in [-0.05, 0) is 66.2 Å². The molecule has 1 saturated heterocycles. The lowest BCUT2D eigenvalue weighted by Gasteiger charge is -2.40. The number of nitrogens with one attached hydrogen (secondary N) is 1. The second-order valence-corrected chi connectivity index (χ2v) is 8.60. The van der Waals surface area contributed by atoms with Crippen LogP contribution in [0, 0.1) is 5.92 Å². The van der Waals surface area contributed by atoms with Gasteiger partial charge in [-0.3, -0.25) is 0 Å². The van der Waals surface area contributed by atoms with Crippen molar-refractivity contribution in [2.75, 3.05) is 6.54 Å². The molecule has 1 aliphatic heterocycles. The molecular weight excluding hydrogens is 288 g/mol. The highest BCUT2D eigenvalue weighted by molar-refractivity contribution is 5.68. The first-order chi connectivity index (χ1) is 10.8. The molecule has 0 aromatic rings. The highest BCUT2D eigenvalue weighted by atomic mass is 16.6. The minimum atomic E-state index is -0.415. The predicted molar refractivity (Wildman–Crippen MR) is 94.6 cm³/mol. The summed E-state index contributed by atoms with van der Waals surface area (Å²) in [5.41, 5.74) is -0.415. The quantitative estimate of drug-likeness (QED) is 0.840. The van der Waals surface area contributed by atoms with Gasteiger partial charge in [-0.25, -0.2) is 4.79 Å². The van der Waals surface area contributed by atoms with Crippen LogP contribution in [0.2, 0.25) is 0 Å². The molecule has 1 N–H and O–H groups in total. The molecule has 0 aromatic heterocycles. The summed E-state index contributed by atoms with van der Waals surface area (Å²) in [6.45, 7) is 11.1. The molecule has 1 aliphatic carbocycles. The number of hydrogen-bond acceptors (Lipinski definition) is 3. The van der Waals surface area contributed by atoms with Gasteiger partial charge in [-0.2, -0.15) is 0 Å². The van der Waals surface area contributed by atoms with Gasteiger partial charge < -0.3 is 15.0 Å². The zero-order valence-electron chi connectivity index (χ0n) is 15.7. The lowest BCUT2D eigenvalue weighted by atomic mass is 9.84. The standard InChI is InChI=1S/C19H36N2O2/c1-14-13-17(20-15(2)16-9-7-6-8-10-16)11-12-21(14)18(22)23-19(3,4)5/h14-17,20H,6-13H2,1-5H3. The minimum absolute atomic E-state index is 0.163. The number of hydrogen-bond donors (Lipinski definition) is 1. The summed E-state index contributed by atoms with van der Waals surface area (Å²) in [6, 6.07) is 1.37. The van der Waals surface area contributed by atoms with Crippen LogP contribution in [-0.2, 0) is 4.74 Å². The second kappa shape index (κ2) is 7.87. The first-order valence-electron chi connectivity index (χ1n) is 9.52. The molecule has 2 aliphatic rings. The summed E-state index contributed by atoms with van der Waals surface area (Å²) >= 11 is 0. The fourth-order valence-electron chi connectivity index (χ4n) is 4.06. The number of piperidine rings is 1. The van der Waals surface area contributed by atoms with E-state index < -0.39 is 5.60 Å². The van der Waals surface area contributed by atoms with E-state index in [1.807, 2.05) is 25.7 Å². The lowest BCUT2D eigenvalue weighted by molar-refractivity contribution is 0.00868. The molecule has 3 atom stereocenters. The van der Waals surface area contributed by atoms with Crippen molar-refractivity contribution in [3.63, 3.8) is 0 Å². The molecule has 23 heavy (non-hydrogen) atoms. The molecule has 134 valence electrons. The number of nitrogens with zero attached hydrogens (tertiary/aromatic N) is 1. The molecule has 2 rings (SSSR count). The second-order valence-electron chi connectivity index (χ2n) is 8.60. The number of rotatable bonds is 3. The maximum atomic E-state index is 12.3. The van der Waals surface area contributed by atoms with Gasteiger partial charge in [0.25, 0.3) is 0 Å². The van der Waals surface area contributed by atoms with Crippen LogP contribution in [0.5, 0.6) is 0 Å². The van der Waals surface area contributed by atoms with Crippen LogP contribution in [0.25, 0.3) is 0 Å². The lowest BCUT2D eigenvalue weighted by Crippen LogP contribution is -2.53. The summed E-state index contributed by atoms with van der Waals surface area (Å²) < 4.78 is 5.53. The van der Waals surface area contributed by atoms with E-state index in [9.17, 15) is 4.79 Å². The monoisotopic (exact) mass is 324 g/mol. The SMILES string of the molecule is CC(NC1CCN(C(=O)OC(C)(C)C)C(C)C1)C1CCCCC1. The first-order valence-corrected chi connectivity index (χ1v) is 9.52. The smallest absolute Gasteiger partial charge is 0.410 e. The molecule has 1 heterocycles. The van der Waals surface area contributed by atoms with Gasteiger partial charge in [0.15, 0.2) is 0 Å². The van der Waals surface area contributed by atoms with Crippen LogP contribution in [0.1, 0.15) is 79.6 Å². The molecule has 4 heteroatoms. The Hall–Kier alpha value is -0.770. The highest BCUT2D eigenvalue weighted by Crippen LogP contribution is 2.28. The summed E-state index contributed by atoms with van der Waals surface area (Å²) in [5.74, 6) is 0.836. The van der Waals surface area contributed by atoms with Crippen molar-refractivity contribution in [1.29, 1.82) is 0 Å². The van der Waals surface area contributed by atoms with Crippen LogP contribution in [-0.4, -0.2) is 41.3 Å². The molecule has 1 amide bonds. The Morgan fingerprint density at radius 1 is 1.17 bits per heavy atom. The Kier molecular flexibility index (Phi) is 6.35. The summed E-state index contributed by atoms with van der Waals surface area (Å²) in [5, 5.41) is 3.85. The topological polar surface area (TPSA) is 41.6 Å². The predicted octanol–water partition coefficient (Wildman–Crippen LogP) is 4.33. The average Bonchev–Trinajstić information content (AvgIpc) is 2.46. The van der Waals surface area contributed by atoms with Crippen LogP contribution in [0.3, 0.4) is 0 Å². The van der Waals surface area contributed by atoms with Gasteiger partial charge in [0.1, 0.15) is 5.60 Å². The van der Waals surface area contributed by atoms with Gasteiger partial charge >= 0.3 is 6.09 Å². The Labute approximate surface area is 142 Å². The number of carbonyl (C=O) groups is 1. The maximum absolute atomic E-state index is 12.3. The number of likely N-dealkylation sites (tertiary alicyclic amines) is 1. The van der Waals surface area contributed by atoms with Gasteiger partial charge in [0.05, 0.1) is 0 Å². The molecular formula is C19H36N2O2. The first kappa shape index (κ1) is 18.6. The molecule has 0 bridgehead atoms. The maximum Gasteiger partial charge on any atom is 0.410 e. The fourth-order valence-corrected chi connectivity index (χ4v) is 4.06. The Balaban J connectivity index is 1.80. The number of amides is 1. The Morgan fingerprint density at radius 2 is 1.83 bits per heavy atom. The van der Waals surface area contributed by atoms with Crippen molar-refractivity contribution in [2.45, 2.75) is 103 Å². The molecule has 3 unspecified atom stereocenters. The zero-order valence-corrected chi connectivity index (χ0v) is 15.7. The summed E-state index contributed by atoms with van der Waals surface area (Å²) in [4.78, 5) is 14.2. The van der Waals surface area contributed by atoms with E-state index in [1.54, 1.807) is 0 Å². The third kappa shape index (κ3) is 5.66. The van der Waals surface area contributed by atoms with Crippen molar-refractivity contribution in [3.05, 3.63) is 0 Å². The van der Waals surface area contributed by atoms with Gasteiger partial charge in [0, 0.05) is 24.7 Å². The van der Waals surface area contributed by atoms with E-state index >= 15 is 0 Å². The highest BCUT2D eigenvalue weighted by Gasteiger charge is 2.33. The van der Waals surface area contributed by atoms with Crippen molar-refractivity contribution < 1.29 is 9.53 Å². The third-order valence-electron chi connectivity index (χ3n) is 5.36. The van der Waals surface area contributed by atoms with Crippen molar-refractivity contribution >= 4 is 6.09 Å². The molecule has 1 saturated carbocycles. The molecule has 4 nitrogen and oxygen atoms in total. The molecule has 2 fully saturated rings. The third-order valence-corrected chi connectivity index (χ3v) is 5.36. The number of ether oxygens (including phenoxy) is 1. The van der Waals surface area contributed by atoms with Crippen molar-refractivity contribution in [1.82, 2.24) is 10.2 Å². The van der Waals surface area contributed by atoms with Crippen LogP contribution in [0.15, 0.2) is 0 Å². The van der Waals surface area contributed by atoms with Gasteiger partial charge in [-0.1, -0.05) is 19.3 Å². The van der Waals surface area contributed by atoms with Crippen LogP contribution < -0.4 is 5.32 Å². The molecule has 0 radical (unpaired) electrons. The molecule has 0 spiro atoms. The Bertz CT molecular complexity index is 385. The number of carbonyl (C=O) groups excluding carboxylic acids is 1. The van der Waals surface area contributed by atoms with Crippen molar-refractivity contribution in [2.24, 2.45) is 5.92 Å².